The molecular formula is C59H109NO5. The average Bonchev–Trinajstić information content (AvgIpc) is 3.31. The largest absolute Gasteiger partial charge is 0.466 e. The van der Waals surface area contributed by atoms with Gasteiger partial charge in [0.25, 0.3) is 0 Å². The van der Waals surface area contributed by atoms with Crippen molar-refractivity contribution in [1.82, 2.24) is 5.32 Å². The third-order valence-corrected chi connectivity index (χ3v) is 12.8. The molecule has 0 bridgehead atoms. The molecule has 0 aromatic carbocycles. The molecule has 2 unspecified atom stereocenters. The number of aliphatic hydroxyl groups is 2. The number of amides is 1. The van der Waals surface area contributed by atoms with Crippen LogP contribution in [-0.2, 0) is 14.3 Å². The monoisotopic (exact) mass is 912 g/mol. The summed E-state index contributed by atoms with van der Waals surface area (Å²) in [5, 5.41) is 23.1. The van der Waals surface area contributed by atoms with Crippen LogP contribution in [-0.4, -0.2) is 47.4 Å². The van der Waals surface area contributed by atoms with E-state index in [0.717, 1.165) is 83.5 Å². The van der Waals surface area contributed by atoms with Crippen LogP contribution in [0.1, 0.15) is 290 Å². The average molecular weight is 913 g/mol. The topological polar surface area (TPSA) is 95.9 Å². The van der Waals surface area contributed by atoms with Crippen molar-refractivity contribution in [2.24, 2.45) is 0 Å². The number of aliphatic hydroxyl groups excluding tert-OH is 2. The summed E-state index contributed by atoms with van der Waals surface area (Å²) in [6.07, 6.45) is 68.4. The van der Waals surface area contributed by atoms with Crippen molar-refractivity contribution >= 4 is 11.9 Å². The summed E-state index contributed by atoms with van der Waals surface area (Å²) >= 11 is 0. The summed E-state index contributed by atoms with van der Waals surface area (Å²) in [5.41, 5.74) is 0. The van der Waals surface area contributed by atoms with Crippen LogP contribution in [0.5, 0.6) is 0 Å². The van der Waals surface area contributed by atoms with Crippen molar-refractivity contribution in [1.29, 1.82) is 0 Å². The first-order chi connectivity index (χ1) is 32.0. The Labute approximate surface area is 404 Å². The van der Waals surface area contributed by atoms with E-state index in [1.165, 1.54) is 180 Å². The molecule has 0 spiro atoms. The van der Waals surface area contributed by atoms with Gasteiger partial charge < -0.3 is 20.3 Å². The Kier molecular flexibility index (Phi) is 52.6. The van der Waals surface area contributed by atoms with Crippen molar-refractivity contribution < 1.29 is 24.5 Å². The van der Waals surface area contributed by atoms with E-state index in [-0.39, 0.29) is 18.5 Å². The smallest absolute Gasteiger partial charge is 0.305 e. The number of nitrogens with one attached hydrogen (secondary N) is 1. The lowest BCUT2D eigenvalue weighted by Gasteiger charge is -2.20. The van der Waals surface area contributed by atoms with Crippen molar-refractivity contribution in [3.63, 3.8) is 0 Å². The second kappa shape index (κ2) is 54.4. The van der Waals surface area contributed by atoms with E-state index >= 15 is 0 Å². The number of unbranched alkanes of at least 4 members (excludes halogenated alkanes) is 35. The third kappa shape index (κ3) is 51.1. The Morgan fingerprint density at radius 1 is 0.431 bits per heavy atom. The number of hydrogen-bond acceptors (Lipinski definition) is 5. The highest BCUT2D eigenvalue weighted by Gasteiger charge is 2.18. The Hall–Kier alpha value is -2.18. The maximum atomic E-state index is 12.5. The lowest BCUT2D eigenvalue weighted by atomic mass is 10.0. The SMILES string of the molecule is CCCCC/C=C\C/C=C\CCCCCCCCCCCC(=O)OCCCC/C=C\CCCCCCC(=O)NC(CO)C(O)/C=C/CCCCCCCCCCCCCCCCCCC. The molecular weight excluding hydrogens is 803 g/mol. The molecule has 0 aromatic heterocycles. The number of esters is 1. The fourth-order valence-electron chi connectivity index (χ4n) is 8.42. The summed E-state index contributed by atoms with van der Waals surface area (Å²) in [6, 6.07) is -0.655. The molecule has 0 aliphatic rings. The normalized spacial score (nSPS) is 13.0. The molecule has 3 N–H and O–H groups in total. The van der Waals surface area contributed by atoms with Gasteiger partial charge in [-0.2, -0.15) is 0 Å². The van der Waals surface area contributed by atoms with Crippen molar-refractivity contribution in [2.45, 2.75) is 302 Å². The first-order valence-electron chi connectivity index (χ1n) is 28.4. The van der Waals surface area contributed by atoms with E-state index in [2.05, 4.69) is 55.6 Å². The standard InChI is InChI=1S/C59H109NO5/c1-3-5-7-9-11-13-15-17-19-21-23-25-27-29-31-35-39-43-47-51-57(62)56(55-61)60-58(63)52-48-44-40-36-33-34-38-42-46-50-54-65-59(64)53-49-45-41-37-32-30-28-26-24-22-20-18-16-14-12-10-8-6-4-2/h12,14,18,20,34,38,47,51,56-57,61-62H,3-11,13,15-17,19,21-33,35-37,39-46,48-50,52-55H2,1-2H3,(H,60,63)/b14-12-,20-18-,38-34-,51-47+. The summed E-state index contributed by atoms with van der Waals surface area (Å²) in [7, 11) is 0. The highest BCUT2D eigenvalue weighted by atomic mass is 16.5. The number of carbonyl (C=O) groups excluding carboxylic acids is 2. The van der Waals surface area contributed by atoms with E-state index < -0.39 is 12.1 Å². The molecule has 0 aliphatic carbocycles. The minimum atomic E-state index is -0.868. The molecule has 6 nitrogen and oxygen atoms in total. The predicted molar refractivity (Wildman–Crippen MR) is 282 cm³/mol. The number of rotatable bonds is 52. The van der Waals surface area contributed by atoms with Gasteiger partial charge in [0.05, 0.1) is 25.4 Å². The van der Waals surface area contributed by atoms with Gasteiger partial charge in [-0.15, -0.1) is 0 Å². The second-order valence-electron chi connectivity index (χ2n) is 19.3. The molecule has 380 valence electrons. The summed E-state index contributed by atoms with van der Waals surface area (Å²) < 4.78 is 5.45. The molecule has 2 atom stereocenters. The minimum Gasteiger partial charge on any atom is -0.466 e. The number of ether oxygens (including phenoxy) is 1. The van der Waals surface area contributed by atoms with Gasteiger partial charge >= 0.3 is 5.97 Å². The maximum absolute atomic E-state index is 12.5. The van der Waals surface area contributed by atoms with Gasteiger partial charge in [0, 0.05) is 12.8 Å². The molecule has 65 heavy (non-hydrogen) atoms. The van der Waals surface area contributed by atoms with Crippen molar-refractivity contribution in [2.75, 3.05) is 13.2 Å². The Morgan fingerprint density at radius 3 is 1.22 bits per heavy atom. The zero-order chi connectivity index (χ0) is 47.2. The first-order valence-corrected chi connectivity index (χ1v) is 28.4. The number of allylic oxidation sites excluding steroid dienone is 7. The fourth-order valence-corrected chi connectivity index (χ4v) is 8.42. The van der Waals surface area contributed by atoms with E-state index in [1.807, 2.05) is 6.08 Å². The summed E-state index contributed by atoms with van der Waals surface area (Å²) in [6.45, 7) is 4.79. The fraction of sp³-hybridized carbons (Fsp3) is 0.831. The van der Waals surface area contributed by atoms with Crippen LogP contribution in [0, 0.1) is 0 Å². The van der Waals surface area contributed by atoms with Gasteiger partial charge in [0.2, 0.25) is 5.91 Å². The first kappa shape index (κ1) is 62.8. The molecule has 1 amide bonds. The van der Waals surface area contributed by atoms with E-state index in [9.17, 15) is 19.8 Å². The van der Waals surface area contributed by atoms with Crippen LogP contribution in [0.2, 0.25) is 0 Å². The van der Waals surface area contributed by atoms with Gasteiger partial charge in [-0.25, -0.2) is 0 Å². The van der Waals surface area contributed by atoms with Gasteiger partial charge in [-0.1, -0.05) is 236 Å². The van der Waals surface area contributed by atoms with Gasteiger partial charge in [0.15, 0.2) is 0 Å². The Bertz CT molecular complexity index is 1100. The quantitative estimate of drug-likeness (QED) is 0.0321. The van der Waals surface area contributed by atoms with E-state index in [0.29, 0.717) is 19.4 Å². The summed E-state index contributed by atoms with van der Waals surface area (Å²) in [4.78, 5) is 24.5. The molecule has 0 aliphatic heterocycles. The number of carbonyl (C=O) groups is 2. The molecule has 0 saturated carbocycles. The Morgan fingerprint density at radius 2 is 0.769 bits per heavy atom. The molecule has 6 heteroatoms. The van der Waals surface area contributed by atoms with Crippen molar-refractivity contribution in [3.8, 4) is 0 Å². The van der Waals surface area contributed by atoms with Crippen LogP contribution < -0.4 is 5.32 Å². The van der Waals surface area contributed by atoms with Crippen LogP contribution >= 0.6 is 0 Å². The number of hydrogen-bond donors (Lipinski definition) is 3. The highest BCUT2D eigenvalue weighted by Crippen LogP contribution is 2.16. The lowest BCUT2D eigenvalue weighted by Crippen LogP contribution is -2.45. The zero-order valence-electron chi connectivity index (χ0n) is 43.2. The van der Waals surface area contributed by atoms with Gasteiger partial charge in [-0.3, -0.25) is 9.59 Å². The van der Waals surface area contributed by atoms with Crippen LogP contribution in [0.25, 0.3) is 0 Å². The molecule has 0 fully saturated rings. The van der Waals surface area contributed by atoms with E-state index in [1.54, 1.807) is 6.08 Å². The predicted octanol–water partition coefficient (Wildman–Crippen LogP) is 17.4. The lowest BCUT2D eigenvalue weighted by molar-refractivity contribution is -0.143. The van der Waals surface area contributed by atoms with Crippen molar-refractivity contribution in [3.05, 3.63) is 48.6 Å². The third-order valence-electron chi connectivity index (χ3n) is 12.8. The maximum Gasteiger partial charge on any atom is 0.305 e. The van der Waals surface area contributed by atoms with Crippen LogP contribution in [0.4, 0.5) is 0 Å². The van der Waals surface area contributed by atoms with Gasteiger partial charge in [0.1, 0.15) is 0 Å². The molecule has 0 saturated heterocycles. The molecule has 0 aromatic rings. The van der Waals surface area contributed by atoms with E-state index in [4.69, 9.17) is 4.74 Å². The Balaban J connectivity index is 3.55. The highest BCUT2D eigenvalue weighted by molar-refractivity contribution is 5.76. The minimum absolute atomic E-state index is 0.0424. The molecule has 0 rings (SSSR count). The molecule has 0 heterocycles. The second-order valence-corrected chi connectivity index (χ2v) is 19.3. The zero-order valence-corrected chi connectivity index (χ0v) is 43.2. The molecule has 0 radical (unpaired) electrons. The van der Waals surface area contributed by atoms with Crippen LogP contribution in [0.3, 0.4) is 0 Å². The van der Waals surface area contributed by atoms with Gasteiger partial charge in [-0.05, 0) is 89.9 Å². The summed E-state index contributed by atoms with van der Waals surface area (Å²) in [5.74, 6) is -0.146. The van der Waals surface area contributed by atoms with Crippen LogP contribution in [0.15, 0.2) is 48.6 Å².